The number of anilines is 1. The molecule has 8 heteroatoms. The maximum atomic E-state index is 13.1. The number of nitrogens with one attached hydrogen (secondary N) is 2. The van der Waals surface area contributed by atoms with Gasteiger partial charge in [0, 0.05) is 5.56 Å². The lowest BCUT2D eigenvalue weighted by Gasteiger charge is -2.22. The highest BCUT2D eigenvalue weighted by Crippen LogP contribution is 2.34. The first-order chi connectivity index (χ1) is 16.0. The van der Waals surface area contributed by atoms with Crippen LogP contribution in [0.15, 0.2) is 78.9 Å². The minimum atomic E-state index is -1.21. The van der Waals surface area contributed by atoms with Gasteiger partial charge in [0.25, 0.3) is 5.91 Å². The summed E-state index contributed by atoms with van der Waals surface area (Å²) >= 11 is 1.53. The molecule has 164 valence electrons. The summed E-state index contributed by atoms with van der Waals surface area (Å²) in [5.74, 6) is -0.933. The van der Waals surface area contributed by atoms with Gasteiger partial charge in [-0.05, 0) is 36.8 Å². The first kappa shape index (κ1) is 20.8. The van der Waals surface area contributed by atoms with Gasteiger partial charge in [-0.2, -0.15) is 0 Å². The van der Waals surface area contributed by atoms with E-state index < -0.39 is 23.4 Å². The average Bonchev–Trinajstić information content (AvgIpc) is 3.35. The van der Waals surface area contributed by atoms with E-state index in [0.717, 1.165) is 25.7 Å². The Labute approximate surface area is 194 Å². The second kappa shape index (κ2) is 8.14. The van der Waals surface area contributed by atoms with E-state index in [1.807, 2.05) is 48.5 Å². The number of benzene rings is 3. The van der Waals surface area contributed by atoms with Crippen LogP contribution < -0.4 is 10.6 Å². The summed E-state index contributed by atoms with van der Waals surface area (Å²) < 4.78 is 1.05. The Morgan fingerprint density at radius 2 is 1.70 bits per heavy atom. The highest BCUT2D eigenvalue weighted by molar-refractivity contribution is 7.21. The number of hydrogen-bond donors (Lipinski definition) is 2. The number of thiazole rings is 1. The van der Waals surface area contributed by atoms with Gasteiger partial charge in [0.15, 0.2) is 0 Å². The van der Waals surface area contributed by atoms with Gasteiger partial charge < -0.3 is 10.6 Å². The summed E-state index contributed by atoms with van der Waals surface area (Å²) in [6.45, 7) is 1.25. The molecule has 33 heavy (non-hydrogen) atoms. The van der Waals surface area contributed by atoms with E-state index in [2.05, 4.69) is 15.6 Å². The minimum absolute atomic E-state index is 0.388. The van der Waals surface area contributed by atoms with E-state index in [9.17, 15) is 14.4 Å². The Kier molecular flexibility index (Phi) is 5.14. The fourth-order valence-electron chi connectivity index (χ4n) is 3.91. The molecule has 1 saturated heterocycles. The Bertz CT molecular complexity index is 1350. The number of amides is 4. The zero-order chi connectivity index (χ0) is 23.0. The number of hydrogen-bond acceptors (Lipinski definition) is 5. The summed E-state index contributed by atoms with van der Waals surface area (Å²) in [4.78, 5) is 44.1. The van der Waals surface area contributed by atoms with Crippen molar-refractivity contribution < 1.29 is 14.4 Å². The number of carbonyl (C=O) groups is 3. The first-order valence-corrected chi connectivity index (χ1v) is 11.2. The van der Waals surface area contributed by atoms with Gasteiger partial charge >= 0.3 is 6.03 Å². The lowest BCUT2D eigenvalue weighted by atomic mass is 9.92. The summed E-state index contributed by atoms with van der Waals surface area (Å²) in [5.41, 5.74) is 1.68. The number of aromatic nitrogens is 1. The fourth-order valence-corrected chi connectivity index (χ4v) is 4.91. The number of para-hydroxylation sites is 2. The van der Waals surface area contributed by atoms with Crippen molar-refractivity contribution in [2.75, 3.05) is 11.9 Å². The van der Waals surface area contributed by atoms with Crippen LogP contribution in [0.5, 0.6) is 0 Å². The molecule has 1 aromatic heterocycles. The van der Waals surface area contributed by atoms with Crippen molar-refractivity contribution in [3.05, 3.63) is 84.4 Å². The third-order valence-corrected chi connectivity index (χ3v) is 6.72. The van der Waals surface area contributed by atoms with E-state index in [0.29, 0.717) is 11.3 Å². The van der Waals surface area contributed by atoms with Crippen molar-refractivity contribution in [2.45, 2.75) is 12.5 Å². The molecule has 1 aliphatic rings. The summed E-state index contributed by atoms with van der Waals surface area (Å²) in [7, 11) is 0. The Hall–Kier alpha value is -4.04. The molecular weight excluding hydrogens is 436 g/mol. The number of rotatable bonds is 5. The molecule has 4 aromatic rings. The van der Waals surface area contributed by atoms with E-state index in [1.165, 1.54) is 11.3 Å². The third kappa shape index (κ3) is 3.74. The average molecular weight is 457 g/mol. The number of imide groups is 1. The monoisotopic (exact) mass is 456 g/mol. The predicted octanol–water partition coefficient (Wildman–Crippen LogP) is 4.37. The van der Waals surface area contributed by atoms with Crippen LogP contribution in [0.25, 0.3) is 20.8 Å². The van der Waals surface area contributed by atoms with Gasteiger partial charge in [-0.3, -0.25) is 14.5 Å². The third-order valence-electron chi connectivity index (χ3n) is 5.65. The zero-order valence-electron chi connectivity index (χ0n) is 17.7. The number of urea groups is 1. The molecule has 0 bridgehead atoms. The Morgan fingerprint density at radius 3 is 2.48 bits per heavy atom. The van der Waals surface area contributed by atoms with Crippen LogP contribution in [0, 0.1) is 0 Å². The zero-order valence-corrected chi connectivity index (χ0v) is 18.6. The summed E-state index contributed by atoms with van der Waals surface area (Å²) in [6.07, 6.45) is 0. The van der Waals surface area contributed by atoms with Crippen molar-refractivity contribution in [1.82, 2.24) is 15.2 Å². The van der Waals surface area contributed by atoms with Crippen LogP contribution in [0.1, 0.15) is 12.5 Å². The molecule has 2 heterocycles. The van der Waals surface area contributed by atoms with Crippen LogP contribution in [0.3, 0.4) is 0 Å². The molecule has 1 fully saturated rings. The van der Waals surface area contributed by atoms with Crippen molar-refractivity contribution >= 4 is 45.1 Å². The molecule has 0 spiro atoms. The van der Waals surface area contributed by atoms with E-state index in [4.69, 9.17) is 0 Å². The van der Waals surface area contributed by atoms with Gasteiger partial charge in [0.2, 0.25) is 5.91 Å². The van der Waals surface area contributed by atoms with Crippen LogP contribution >= 0.6 is 11.3 Å². The van der Waals surface area contributed by atoms with Crippen molar-refractivity contribution in [3.63, 3.8) is 0 Å². The SMILES string of the molecule is CC1(c2ccccc2)NC(=O)N(CC(=O)Nc2ccccc2-c2nc3ccccc3s2)C1=O. The molecular formula is C25H20N4O3S. The molecule has 7 nitrogen and oxygen atoms in total. The predicted molar refractivity (Wildman–Crippen MR) is 128 cm³/mol. The van der Waals surface area contributed by atoms with Crippen LogP contribution in [0.4, 0.5) is 10.5 Å². The van der Waals surface area contributed by atoms with Gasteiger partial charge in [-0.1, -0.05) is 54.6 Å². The lowest BCUT2D eigenvalue weighted by Crippen LogP contribution is -2.42. The highest BCUT2D eigenvalue weighted by Gasteiger charge is 2.49. The highest BCUT2D eigenvalue weighted by atomic mass is 32.1. The van der Waals surface area contributed by atoms with E-state index >= 15 is 0 Å². The summed E-state index contributed by atoms with van der Waals surface area (Å²) in [6, 6.07) is 23.6. The second-order valence-corrected chi connectivity index (χ2v) is 8.92. The fraction of sp³-hybridized carbons (Fsp3) is 0.120. The Morgan fingerprint density at radius 1 is 1.00 bits per heavy atom. The van der Waals surface area contributed by atoms with Crippen molar-refractivity contribution in [3.8, 4) is 10.6 Å². The molecule has 3 aromatic carbocycles. The van der Waals surface area contributed by atoms with Crippen molar-refractivity contribution in [1.29, 1.82) is 0 Å². The first-order valence-electron chi connectivity index (χ1n) is 10.4. The largest absolute Gasteiger partial charge is 0.325 e. The quantitative estimate of drug-likeness (QED) is 0.436. The van der Waals surface area contributed by atoms with Crippen LogP contribution in [-0.2, 0) is 15.1 Å². The molecule has 5 rings (SSSR count). The van der Waals surface area contributed by atoms with E-state index in [-0.39, 0.29) is 6.54 Å². The molecule has 1 unspecified atom stereocenters. The molecule has 0 radical (unpaired) electrons. The molecule has 2 N–H and O–H groups in total. The molecule has 1 aliphatic heterocycles. The standard InChI is InChI=1S/C25H20N4O3S/c1-25(16-9-3-2-4-10-16)23(31)29(24(32)28-25)15-21(30)26-18-12-6-5-11-17(18)22-27-19-13-7-8-14-20(19)33-22/h2-14H,15H2,1H3,(H,26,30)(H,28,32). The number of carbonyl (C=O) groups excluding carboxylic acids is 3. The summed E-state index contributed by atoms with van der Waals surface area (Å²) in [5, 5.41) is 6.34. The lowest BCUT2D eigenvalue weighted by molar-refractivity contribution is -0.133. The maximum absolute atomic E-state index is 13.1. The second-order valence-electron chi connectivity index (χ2n) is 7.89. The van der Waals surface area contributed by atoms with Gasteiger partial charge in [-0.25, -0.2) is 9.78 Å². The molecule has 0 aliphatic carbocycles. The van der Waals surface area contributed by atoms with Gasteiger partial charge in [0.1, 0.15) is 17.1 Å². The van der Waals surface area contributed by atoms with Gasteiger partial charge in [0.05, 0.1) is 15.9 Å². The molecule has 1 atom stereocenters. The molecule has 4 amide bonds. The minimum Gasteiger partial charge on any atom is -0.324 e. The van der Waals surface area contributed by atoms with Crippen LogP contribution in [0.2, 0.25) is 0 Å². The normalized spacial score (nSPS) is 17.9. The van der Waals surface area contributed by atoms with Gasteiger partial charge in [-0.15, -0.1) is 11.3 Å². The van der Waals surface area contributed by atoms with Crippen LogP contribution in [-0.4, -0.2) is 34.3 Å². The number of fused-ring (bicyclic) bond motifs is 1. The Balaban J connectivity index is 1.36. The van der Waals surface area contributed by atoms with E-state index in [1.54, 1.807) is 37.3 Å². The molecule has 0 saturated carbocycles. The van der Waals surface area contributed by atoms with Crippen molar-refractivity contribution in [2.24, 2.45) is 0 Å². The smallest absolute Gasteiger partial charge is 0.324 e. The topological polar surface area (TPSA) is 91.4 Å². The maximum Gasteiger partial charge on any atom is 0.325 e. The number of nitrogens with zero attached hydrogens (tertiary/aromatic N) is 2.